The van der Waals surface area contributed by atoms with Gasteiger partial charge in [-0.05, 0) is 37.5 Å². The van der Waals surface area contributed by atoms with Gasteiger partial charge in [-0.3, -0.25) is 0 Å². The van der Waals surface area contributed by atoms with Gasteiger partial charge in [0.25, 0.3) is 0 Å². The van der Waals surface area contributed by atoms with E-state index in [1.165, 1.54) is 32.1 Å². The normalized spacial score (nSPS) is 35.4. The molecule has 0 aromatic rings. The van der Waals surface area contributed by atoms with Crippen LogP contribution in [0.2, 0.25) is 0 Å². The van der Waals surface area contributed by atoms with Crippen molar-refractivity contribution < 1.29 is 4.74 Å². The Kier molecular flexibility index (Phi) is 3.86. The Morgan fingerprint density at radius 2 is 1.94 bits per heavy atom. The minimum absolute atomic E-state index is 0.131. The van der Waals surface area contributed by atoms with Crippen LogP contribution in [0.15, 0.2) is 0 Å². The van der Waals surface area contributed by atoms with Gasteiger partial charge in [-0.25, -0.2) is 0 Å². The first kappa shape index (κ1) is 11.9. The second kappa shape index (κ2) is 5.19. The summed E-state index contributed by atoms with van der Waals surface area (Å²) in [7, 11) is 0. The maximum absolute atomic E-state index is 9.16. The molecular weight excluding hydrogens is 198 g/mol. The van der Waals surface area contributed by atoms with Crippen molar-refractivity contribution in [2.75, 3.05) is 13.2 Å². The monoisotopic (exact) mass is 221 g/mol. The highest BCUT2D eigenvalue weighted by Gasteiger charge is 2.42. The summed E-state index contributed by atoms with van der Waals surface area (Å²) in [5, 5.41) is 9.16. The van der Waals surface area contributed by atoms with Crippen molar-refractivity contribution in [1.29, 1.82) is 5.26 Å². The lowest BCUT2D eigenvalue weighted by Gasteiger charge is -2.40. The molecule has 0 unspecified atom stereocenters. The van der Waals surface area contributed by atoms with Crippen LogP contribution >= 0.6 is 0 Å². The first-order valence-corrected chi connectivity index (χ1v) is 6.73. The Labute approximate surface area is 99.0 Å². The summed E-state index contributed by atoms with van der Waals surface area (Å²) in [6.07, 6.45) is 8.87. The fraction of sp³-hybridized carbons (Fsp3) is 0.929. The summed E-state index contributed by atoms with van der Waals surface area (Å²) in [6, 6.07) is 2.46. The third kappa shape index (κ3) is 2.77. The van der Waals surface area contributed by atoms with Gasteiger partial charge in [0, 0.05) is 6.61 Å². The smallest absolute Gasteiger partial charge is 0.0812 e. The molecule has 0 aliphatic heterocycles. The van der Waals surface area contributed by atoms with E-state index in [4.69, 9.17) is 10.00 Å². The summed E-state index contributed by atoms with van der Waals surface area (Å²) >= 11 is 0. The van der Waals surface area contributed by atoms with Crippen LogP contribution in [0.3, 0.4) is 0 Å². The summed E-state index contributed by atoms with van der Waals surface area (Å²) in [4.78, 5) is 0. The molecule has 0 aromatic heterocycles. The third-order valence-corrected chi connectivity index (χ3v) is 4.17. The number of ether oxygens (including phenoxy) is 1. The van der Waals surface area contributed by atoms with E-state index in [9.17, 15) is 0 Å². The Morgan fingerprint density at radius 1 is 1.25 bits per heavy atom. The molecule has 90 valence electrons. The standard InChI is InChI=1S/C14H23NO/c1-12-7-14(8-12,10-15)11-16-9-13-5-3-2-4-6-13/h12-13H,2-9,11H2,1H3. The van der Waals surface area contributed by atoms with Crippen LogP contribution in [0, 0.1) is 28.6 Å². The minimum Gasteiger partial charge on any atom is -0.380 e. The highest BCUT2D eigenvalue weighted by Crippen LogP contribution is 2.45. The minimum atomic E-state index is -0.131. The van der Waals surface area contributed by atoms with Crippen molar-refractivity contribution in [2.24, 2.45) is 17.3 Å². The zero-order valence-corrected chi connectivity index (χ0v) is 10.4. The average Bonchev–Trinajstić information content (AvgIpc) is 2.27. The number of rotatable bonds is 4. The molecule has 0 saturated heterocycles. The molecule has 2 fully saturated rings. The van der Waals surface area contributed by atoms with Crippen LogP contribution in [-0.4, -0.2) is 13.2 Å². The molecule has 0 spiro atoms. The molecule has 0 heterocycles. The molecule has 0 bridgehead atoms. The zero-order valence-electron chi connectivity index (χ0n) is 10.4. The second-order valence-corrected chi connectivity index (χ2v) is 5.92. The maximum Gasteiger partial charge on any atom is 0.0812 e. The second-order valence-electron chi connectivity index (χ2n) is 5.92. The average molecular weight is 221 g/mol. The van der Waals surface area contributed by atoms with Gasteiger partial charge in [0.15, 0.2) is 0 Å². The quantitative estimate of drug-likeness (QED) is 0.727. The van der Waals surface area contributed by atoms with Crippen LogP contribution < -0.4 is 0 Å². The summed E-state index contributed by atoms with van der Waals surface area (Å²) in [6.45, 7) is 3.78. The van der Waals surface area contributed by atoms with E-state index in [2.05, 4.69) is 13.0 Å². The van der Waals surface area contributed by atoms with Crippen molar-refractivity contribution in [3.05, 3.63) is 0 Å². The van der Waals surface area contributed by atoms with Gasteiger partial charge in [0.1, 0.15) is 0 Å². The molecule has 2 aliphatic rings. The Morgan fingerprint density at radius 3 is 2.50 bits per heavy atom. The number of nitriles is 1. The number of nitrogens with zero attached hydrogens (tertiary/aromatic N) is 1. The van der Waals surface area contributed by atoms with Crippen molar-refractivity contribution in [3.8, 4) is 6.07 Å². The van der Waals surface area contributed by atoms with Crippen molar-refractivity contribution in [2.45, 2.75) is 51.9 Å². The molecule has 2 heteroatoms. The highest BCUT2D eigenvalue weighted by atomic mass is 16.5. The van der Waals surface area contributed by atoms with Crippen LogP contribution in [0.1, 0.15) is 51.9 Å². The predicted molar refractivity (Wildman–Crippen MR) is 63.8 cm³/mol. The highest BCUT2D eigenvalue weighted by molar-refractivity contribution is 5.07. The van der Waals surface area contributed by atoms with E-state index < -0.39 is 0 Å². The van der Waals surface area contributed by atoms with Gasteiger partial charge in [-0.15, -0.1) is 0 Å². The molecule has 2 saturated carbocycles. The first-order chi connectivity index (χ1) is 7.74. The lowest BCUT2D eigenvalue weighted by molar-refractivity contribution is -0.0128. The van der Waals surface area contributed by atoms with Gasteiger partial charge in [0.2, 0.25) is 0 Å². The molecule has 0 aromatic carbocycles. The molecule has 2 aliphatic carbocycles. The van der Waals surface area contributed by atoms with Crippen LogP contribution in [0.5, 0.6) is 0 Å². The number of hydrogen-bond acceptors (Lipinski definition) is 2. The fourth-order valence-corrected chi connectivity index (χ4v) is 3.29. The van der Waals surface area contributed by atoms with Gasteiger partial charge >= 0.3 is 0 Å². The van der Waals surface area contributed by atoms with E-state index >= 15 is 0 Å². The van der Waals surface area contributed by atoms with E-state index in [1.54, 1.807) is 0 Å². The molecular formula is C14H23NO. The van der Waals surface area contributed by atoms with Crippen molar-refractivity contribution in [3.63, 3.8) is 0 Å². The van der Waals surface area contributed by atoms with E-state index in [-0.39, 0.29) is 5.41 Å². The number of hydrogen-bond donors (Lipinski definition) is 0. The summed E-state index contributed by atoms with van der Waals surface area (Å²) in [5.41, 5.74) is -0.131. The Balaban J connectivity index is 1.65. The third-order valence-electron chi connectivity index (χ3n) is 4.17. The van der Waals surface area contributed by atoms with Crippen molar-refractivity contribution >= 4 is 0 Å². The van der Waals surface area contributed by atoms with Gasteiger partial charge < -0.3 is 4.74 Å². The predicted octanol–water partition coefficient (Wildman–Crippen LogP) is 3.52. The molecule has 16 heavy (non-hydrogen) atoms. The van der Waals surface area contributed by atoms with Crippen LogP contribution in [-0.2, 0) is 4.74 Å². The maximum atomic E-state index is 9.16. The van der Waals surface area contributed by atoms with Gasteiger partial charge in [0.05, 0.1) is 18.1 Å². The first-order valence-electron chi connectivity index (χ1n) is 6.73. The van der Waals surface area contributed by atoms with Crippen LogP contribution in [0.25, 0.3) is 0 Å². The zero-order chi connectivity index (χ0) is 11.4. The van der Waals surface area contributed by atoms with Gasteiger partial charge in [-0.2, -0.15) is 5.26 Å². The summed E-state index contributed by atoms with van der Waals surface area (Å²) < 4.78 is 5.80. The largest absolute Gasteiger partial charge is 0.380 e. The Bertz CT molecular complexity index is 256. The topological polar surface area (TPSA) is 33.0 Å². The van der Waals surface area contributed by atoms with Crippen molar-refractivity contribution in [1.82, 2.24) is 0 Å². The molecule has 2 nitrogen and oxygen atoms in total. The Hall–Kier alpha value is -0.550. The van der Waals surface area contributed by atoms with Gasteiger partial charge in [-0.1, -0.05) is 26.2 Å². The van der Waals surface area contributed by atoms with Crippen LogP contribution in [0.4, 0.5) is 0 Å². The van der Waals surface area contributed by atoms with E-state index in [0.29, 0.717) is 6.61 Å². The lowest BCUT2D eigenvalue weighted by Crippen LogP contribution is -2.39. The molecule has 2 rings (SSSR count). The fourth-order valence-electron chi connectivity index (χ4n) is 3.29. The molecule has 0 N–H and O–H groups in total. The SMILES string of the molecule is CC1CC(C#N)(COCC2CCCCC2)C1. The molecule has 0 amide bonds. The van der Waals surface area contributed by atoms with E-state index in [1.807, 2.05) is 0 Å². The molecule has 0 radical (unpaired) electrons. The molecule has 0 atom stereocenters. The lowest BCUT2D eigenvalue weighted by atomic mass is 9.64. The summed E-state index contributed by atoms with van der Waals surface area (Å²) in [5.74, 6) is 1.49. The van der Waals surface area contributed by atoms with E-state index in [0.717, 1.165) is 31.3 Å².